The summed E-state index contributed by atoms with van der Waals surface area (Å²) in [6, 6.07) is 3.39. The molecule has 1 saturated carbocycles. The van der Waals surface area contributed by atoms with Gasteiger partial charge in [-0.05, 0) is 30.9 Å². The number of rotatable bonds is 4. The number of carbonyl (C=O) groups excluding carboxylic acids is 1. The molecule has 0 saturated heterocycles. The van der Waals surface area contributed by atoms with Crippen LogP contribution in [0.15, 0.2) is 18.3 Å². The minimum Gasteiger partial charge on any atom is -0.393 e. The maximum Gasteiger partial charge on any atom is 0.257 e. The summed E-state index contributed by atoms with van der Waals surface area (Å²) in [4.78, 5) is 17.9. The molecule has 1 aromatic heterocycles. The van der Waals surface area contributed by atoms with Gasteiger partial charge in [0.2, 0.25) is 0 Å². The van der Waals surface area contributed by atoms with Crippen LogP contribution < -0.4 is 11.3 Å². The van der Waals surface area contributed by atoms with Gasteiger partial charge in [0.15, 0.2) is 5.82 Å². The van der Waals surface area contributed by atoms with Crippen molar-refractivity contribution in [1.82, 2.24) is 9.88 Å². The molecule has 0 aliphatic heterocycles. The fourth-order valence-electron chi connectivity index (χ4n) is 2.22. The molecule has 6 heteroatoms. The molecule has 0 atom stereocenters. The fourth-order valence-corrected chi connectivity index (χ4v) is 2.22. The van der Waals surface area contributed by atoms with Crippen molar-refractivity contribution >= 4 is 11.7 Å². The van der Waals surface area contributed by atoms with Crippen LogP contribution in [0, 0.1) is 5.92 Å². The van der Waals surface area contributed by atoms with Crippen LogP contribution in [0.2, 0.25) is 0 Å². The predicted octanol–water partition coefficient (Wildman–Crippen LogP) is 0.210. The van der Waals surface area contributed by atoms with Crippen LogP contribution in [-0.2, 0) is 0 Å². The second-order valence-corrected chi connectivity index (χ2v) is 4.72. The van der Waals surface area contributed by atoms with Gasteiger partial charge < -0.3 is 15.4 Å². The number of amides is 1. The molecule has 1 aromatic rings. The van der Waals surface area contributed by atoms with E-state index in [4.69, 9.17) is 5.84 Å². The highest BCUT2D eigenvalue weighted by molar-refractivity contribution is 5.98. The van der Waals surface area contributed by atoms with Gasteiger partial charge in [-0.3, -0.25) is 4.79 Å². The van der Waals surface area contributed by atoms with Crippen LogP contribution in [0.25, 0.3) is 0 Å². The summed E-state index contributed by atoms with van der Waals surface area (Å²) >= 11 is 0. The molecule has 0 unspecified atom stereocenters. The zero-order chi connectivity index (χ0) is 13.1. The van der Waals surface area contributed by atoms with Crippen LogP contribution in [0.1, 0.15) is 23.2 Å². The molecule has 1 aliphatic rings. The summed E-state index contributed by atoms with van der Waals surface area (Å²) in [5, 5.41) is 9.23. The molecule has 1 fully saturated rings. The van der Waals surface area contributed by atoms with E-state index < -0.39 is 0 Å². The number of hydrazine groups is 1. The number of nitrogen functional groups attached to an aromatic ring is 1. The molecule has 0 aromatic carbocycles. The number of aromatic nitrogens is 1. The Hall–Kier alpha value is -1.66. The largest absolute Gasteiger partial charge is 0.393 e. The van der Waals surface area contributed by atoms with Crippen molar-refractivity contribution < 1.29 is 9.90 Å². The molecule has 4 N–H and O–H groups in total. The Balaban J connectivity index is 2.01. The number of anilines is 1. The number of nitrogens with one attached hydrogen (secondary N) is 1. The lowest BCUT2D eigenvalue weighted by molar-refractivity contribution is 0.0265. The molecular weight excluding hydrogens is 232 g/mol. The van der Waals surface area contributed by atoms with Crippen LogP contribution in [0.4, 0.5) is 5.82 Å². The molecule has 18 heavy (non-hydrogen) atoms. The maximum absolute atomic E-state index is 12.2. The van der Waals surface area contributed by atoms with E-state index in [9.17, 15) is 9.90 Å². The van der Waals surface area contributed by atoms with E-state index in [1.54, 1.807) is 30.3 Å². The van der Waals surface area contributed by atoms with Gasteiger partial charge >= 0.3 is 0 Å². The lowest BCUT2D eigenvalue weighted by Crippen LogP contribution is -2.39. The SMILES string of the molecule is CN(CC1CC(O)C1)C(=O)c1cccnc1NN. The van der Waals surface area contributed by atoms with Gasteiger partial charge in [-0.15, -0.1) is 0 Å². The van der Waals surface area contributed by atoms with E-state index in [2.05, 4.69) is 10.4 Å². The predicted molar refractivity (Wildman–Crippen MR) is 67.7 cm³/mol. The van der Waals surface area contributed by atoms with E-state index in [0.29, 0.717) is 23.8 Å². The molecule has 0 radical (unpaired) electrons. The maximum atomic E-state index is 12.2. The second-order valence-electron chi connectivity index (χ2n) is 4.72. The number of carbonyl (C=O) groups is 1. The number of hydrogen-bond acceptors (Lipinski definition) is 5. The monoisotopic (exact) mass is 250 g/mol. The summed E-state index contributed by atoms with van der Waals surface area (Å²) < 4.78 is 0. The van der Waals surface area contributed by atoms with Crippen molar-refractivity contribution in [2.24, 2.45) is 11.8 Å². The zero-order valence-electron chi connectivity index (χ0n) is 10.3. The third kappa shape index (κ3) is 2.60. The van der Waals surface area contributed by atoms with Crippen molar-refractivity contribution in [3.05, 3.63) is 23.9 Å². The van der Waals surface area contributed by atoms with Crippen molar-refractivity contribution in [3.8, 4) is 0 Å². The minimum atomic E-state index is -0.196. The first-order valence-electron chi connectivity index (χ1n) is 5.97. The summed E-state index contributed by atoms with van der Waals surface area (Å²) in [7, 11) is 1.75. The Morgan fingerprint density at radius 2 is 2.39 bits per heavy atom. The lowest BCUT2D eigenvalue weighted by Gasteiger charge is -2.34. The molecule has 6 nitrogen and oxygen atoms in total. The van der Waals surface area contributed by atoms with Crippen LogP contribution in [-0.4, -0.2) is 40.6 Å². The molecule has 0 bridgehead atoms. The molecule has 1 amide bonds. The lowest BCUT2D eigenvalue weighted by atomic mass is 9.82. The number of nitrogens with zero attached hydrogens (tertiary/aromatic N) is 2. The van der Waals surface area contributed by atoms with Gasteiger partial charge in [-0.1, -0.05) is 0 Å². The summed E-state index contributed by atoms with van der Waals surface area (Å²) in [6.07, 6.45) is 2.92. The van der Waals surface area contributed by atoms with E-state index in [0.717, 1.165) is 12.8 Å². The van der Waals surface area contributed by atoms with E-state index >= 15 is 0 Å². The van der Waals surface area contributed by atoms with Gasteiger partial charge in [-0.2, -0.15) is 0 Å². The second kappa shape index (κ2) is 5.32. The molecular formula is C12H18N4O2. The zero-order valence-corrected chi connectivity index (χ0v) is 10.3. The average Bonchev–Trinajstić information content (AvgIpc) is 2.35. The highest BCUT2D eigenvalue weighted by atomic mass is 16.3. The molecule has 0 spiro atoms. The van der Waals surface area contributed by atoms with Crippen molar-refractivity contribution in [3.63, 3.8) is 0 Å². The van der Waals surface area contributed by atoms with Gasteiger partial charge in [-0.25, -0.2) is 10.8 Å². The fraction of sp³-hybridized carbons (Fsp3) is 0.500. The Morgan fingerprint density at radius 3 is 3.00 bits per heavy atom. The molecule has 1 heterocycles. The Kier molecular flexibility index (Phi) is 3.78. The smallest absolute Gasteiger partial charge is 0.257 e. The van der Waals surface area contributed by atoms with E-state index in [1.165, 1.54) is 0 Å². The van der Waals surface area contributed by atoms with Crippen molar-refractivity contribution in [2.45, 2.75) is 18.9 Å². The summed E-state index contributed by atoms with van der Waals surface area (Å²) in [5.74, 6) is 5.98. The first-order valence-corrected chi connectivity index (χ1v) is 5.97. The summed E-state index contributed by atoms with van der Waals surface area (Å²) in [5.41, 5.74) is 2.88. The topological polar surface area (TPSA) is 91.5 Å². The Labute approximate surface area is 106 Å². The van der Waals surface area contributed by atoms with Crippen LogP contribution in [0.5, 0.6) is 0 Å². The number of aliphatic hydroxyl groups excluding tert-OH is 1. The number of aliphatic hydroxyl groups is 1. The van der Waals surface area contributed by atoms with Gasteiger partial charge in [0, 0.05) is 19.8 Å². The molecule has 98 valence electrons. The summed E-state index contributed by atoms with van der Waals surface area (Å²) in [6.45, 7) is 0.648. The third-order valence-corrected chi connectivity index (χ3v) is 3.26. The molecule has 2 rings (SSSR count). The average molecular weight is 250 g/mol. The standard InChI is InChI=1S/C12H18N4O2/c1-16(7-8-5-9(17)6-8)12(18)10-3-2-4-14-11(10)15-13/h2-4,8-9,17H,5-7,13H2,1H3,(H,14,15). The highest BCUT2D eigenvalue weighted by Gasteiger charge is 2.29. The first kappa shape index (κ1) is 12.8. The van der Waals surface area contributed by atoms with Gasteiger partial charge in [0.05, 0.1) is 11.7 Å². The first-order chi connectivity index (χ1) is 8.61. The molecule has 1 aliphatic carbocycles. The Bertz CT molecular complexity index is 432. The number of hydrogen-bond donors (Lipinski definition) is 3. The van der Waals surface area contributed by atoms with Gasteiger partial charge in [0.1, 0.15) is 0 Å². The van der Waals surface area contributed by atoms with E-state index in [1.807, 2.05) is 0 Å². The van der Waals surface area contributed by atoms with Crippen LogP contribution >= 0.6 is 0 Å². The third-order valence-electron chi connectivity index (χ3n) is 3.26. The van der Waals surface area contributed by atoms with Crippen molar-refractivity contribution in [1.29, 1.82) is 0 Å². The van der Waals surface area contributed by atoms with E-state index in [-0.39, 0.29) is 12.0 Å². The quantitative estimate of drug-likeness (QED) is 0.525. The highest BCUT2D eigenvalue weighted by Crippen LogP contribution is 2.28. The normalized spacial score (nSPS) is 22.2. The minimum absolute atomic E-state index is 0.113. The number of pyridine rings is 1. The van der Waals surface area contributed by atoms with Crippen molar-refractivity contribution in [2.75, 3.05) is 19.0 Å². The van der Waals surface area contributed by atoms with Crippen LogP contribution in [0.3, 0.4) is 0 Å². The van der Waals surface area contributed by atoms with Gasteiger partial charge in [0.25, 0.3) is 5.91 Å². The Morgan fingerprint density at radius 1 is 1.67 bits per heavy atom. The number of nitrogens with two attached hydrogens (primary N) is 1.